The number of nitrogens with one attached hydrogen (secondary N) is 1. The summed E-state index contributed by atoms with van der Waals surface area (Å²) >= 11 is 12.3. The Kier molecular flexibility index (Phi) is 4.97. The lowest BCUT2D eigenvalue weighted by atomic mass is 10.1. The first-order chi connectivity index (χ1) is 11.2. The Balaban J connectivity index is 1.66. The van der Waals surface area contributed by atoms with Crippen molar-refractivity contribution in [2.24, 2.45) is 0 Å². The topological polar surface area (TPSA) is 41.6 Å². The number of pyridine rings is 1. The largest absolute Gasteiger partial charge is 0.282 e. The third-order valence-corrected chi connectivity index (χ3v) is 4.08. The molecule has 3 aromatic rings. The molecule has 0 unspecified atom stereocenters. The molecular formula is C18H13Cl2N3. The number of hydrogen-bond acceptors (Lipinski definition) is 2. The highest BCUT2D eigenvalue weighted by molar-refractivity contribution is 6.43. The van der Waals surface area contributed by atoms with Crippen molar-refractivity contribution in [3.05, 3.63) is 70.1 Å². The molecule has 0 bridgehead atoms. The van der Waals surface area contributed by atoms with Crippen LogP contribution in [0.1, 0.15) is 17.8 Å². The van der Waals surface area contributed by atoms with Crippen LogP contribution in [0.25, 0.3) is 11.3 Å². The Morgan fingerprint density at radius 2 is 2.00 bits per heavy atom. The summed E-state index contributed by atoms with van der Waals surface area (Å²) in [5.74, 6) is 6.15. The molecule has 0 radical (unpaired) electrons. The first-order valence-corrected chi connectivity index (χ1v) is 7.88. The van der Waals surface area contributed by atoms with E-state index in [1.807, 2.05) is 36.4 Å². The molecule has 0 amide bonds. The second kappa shape index (κ2) is 7.32. The van der Waals surface area contributed by atoms with E-state index in [0.29, 0.717) is 10.0 Å². The SMILES string of the molecule is Clc1cccc(-c2cc(CCC#Cc3ccccn3)[nH]n2)c1Cl. The highest BCUT2D eigenvalue weighted by atomic mass is 35.5. The summed E-state index contributed by atoms with van der Waals surface area (Å²) in [4.78, 5) is 4.16. The first-order valence-electron chi connectivity index (χ1n) is 7.12. The molecule has 1 N–H and O–H groups in total. The van der Waals surface area contributed by atoms with Gasteiger partial charge in [-0.15, -0.1) is 0 Å². The molecular weight excluding hydrogens is 329 g/mol. The number of benzene rings is 1. The second-order valence-corrected chi connectivity index (χ2v) is 5.68. The molecule has 0 aliphatic carbocycles. The van der Waals surface area contributed by atoms with E-state index in [2.05, 4.69) is 27.0 Å². The van der Waals surface area contributed by atoms with Crippen molar-refractivity contribution in [2.45, 2.75) is 12.8 Å². The van der Waals surface area contributed by atoms with E-state index < -0.39 is 0 Å². The number of rotatable bonds is 3. The van der Waals surface area contributed by atoms with Gasteiger partial charge in [0.1, 0.15) is 5.69 Å². The van der Waals surface area contributed by atoms with Crippen LogP contribution in [0.15, 0.2) is 48.7 Å². The van der Waals surface area contributed by atoms with Crippen molar-refractivity contribution in [1.82, 2.24) is 15.2 Å². The maximum absolute atomic E-state index is 6.22. The quantitative estimate of drug-likeness (QED) is 0.697. The van der Waals surface area contributed by atoms with Crippen LogP contribution in [0.5, 0.6) is 0 Å². The van der Waals surface area contributed by atoms with E-state index in [4.69, 9.17) is 23.2 Å². The van der Waals surface area contributed by atoms with Crippen molar-refractivity contribution < 1.29 is 0 Å². The fraction of sp³-hybridized carbons (Fsp3) is 0.111. The summed E-state index contributed by atoms with van der Waals surface area (Å²) in [6.45, 7) is 0. The molecule has 3 nitrogen and oxygen atoms in total. The van der Waals surface area contributed by atoms with E-state index in [1.54, 1.807) is 12.3 Å². The van der Waals surface area contributed by atoms with Gasteiger partial charge >= 0.3 is 0 Å². The molecule has 1 aromatic carbocycles. The normalized spacial score (nSPS) is 10.2. The smallest absolute Gasteiger partial charge is 0.113 e. The summed E-state index contributed by atoms with van der Waals surface area (Å²) < 4.78 is 0. The third-order valence-electron chi connectivity index (χ3n) is 3.26. The van der Waals surface area contributed by atoms with Crippen LogP contribution in [0, 0.1) is 11.8 Å². The van der Waals surface area contributed by atoms with Gasteiger partial charge < -0.3 is 0 Å². The molecule has 0 atom stereocenters. The summed E-state index contributed by atoms with van der Waals surface area (Å²) in [7, 11) is 0. The van der Waals surface area contributed by atoms with Crippen LogP contribution in [-0.4, -0.2) is 15.2 Å². The van der Waals surface area contributed by atoms with Gasteiger partial charge in [-0.3, -0.25) is 5.10 Å². The van der Waals surface area contributed by atoms with E-state index in [-0.39, 0.29) is 0 Å². The maximum Gasteiger partial charge on any atom is 0.113 e. The van der Waals surface area contributed by atoms with Crippen molar-refractivity contribution in [2.75, 3.05) is 0 Å². The first kappa shape index (κ1) is 15.6. The predicted octanol–water partition coefficient (Wildman–Crippen LogP) is 4.76. The summed E-state index contributed by atoms with van der Waals surface area (Å²) in [5, 5.41) is 8.35. The lowest BCUT2D eigenvalue weighted by molar-refractivity contribution is 0.929. The minimum atomic E-state index is 0.516. The second-order valence-electron chi connectivity index (χ2n) is 4.90. The Hall–Kier alpha value is -2.28. The van der Waals surface area contributed by atoms with Crippen LogP contribution in [0.2, 0.25) is 10.0 Å². The zero-order valence-corrected chi connectivity index (χ0v) is 13.7. The maximum atomic E-state index is 6.22. The van der Waals surface area contributed by atoms with E-state index in [0.717, 1.165) is 35.5 Å². The van der Waals surface area contributed by atoms with Gasteiger partial charge in [0.25, 0.3) is 0 Å². The molecule has 0 aliphatic rings. The van der Waals surface area contributed by atoms with Crippen molar-refractivity contribution in [1.29, 1.82) is 0 Å². The number of aromatic amines is 1. The monoisotopic (exact) mass is 341 g/mol. The highest BCUT2D eigenvalue weighted by Crippen LogP contribution is 2.32. The molecule has 23 heavy (non-hydrogen) atoms. The van der Waals surface area contributed by atoms with Gasteiger partial charge in [-0.2, -0.15) is 5.10 Å². The molecule has 0 aliphatic heterocycles. The number of aromatic nitrogens is 3. The van der Waals surface area contributed by atoms with Crippen molar-refractivity contribution >= 4 is 23.2 Å². The van der Waals surface area contributed by atoms with Gasteiger partial charge in [0.2, 0.25) is 0 Å². The van der Waals surface area contributed by atoms with Crippen LogP contribution in [0.4, 0.5) is 0 Å². The van der Waals surface area contributed by atoms with Crippen LogP contribution >= 0.6 is 23.2 Å². The average molecular weight is 342 g/mol. The zero-order valence-electron chi connectivity index (χ0n) is 12.2. The minimum absolute atomic E-state index is 0.516. The molecule has 0 saturated heterocycles. The molecule has 3 rings (SSSR count). The Morgan fingerprint density at radius 1 is 1.09 bits per heavy atom. The van der Waals surface area contributed by atoms with Crippen molar-refractivity contribution in [3.63, 3.8) is 0 Å². The molecule has 0 fully saturated rings. The van der Waals surface area contributed by atoms with E-state index >= 15 is 0 Å². The Morgan fingerprint density at radius 3 is 2.83 bits per heavy atom. The van der Waals surface area contributed by atoms with Gasteiger partial charge in [-0.25, -0.2) is 4.98 Å². The van der Waals surface area contributed by atoms with Gasteiger partial charge in [-0.05, 0) is 30.2 Å². The predicted molar refractivity (Wildman–Crippen MR) is 93.5 cm³/mol. The number of nitrogens with zero attached hydrogens (tertiary/aromatic N) is 2. The van der Waals surface area contributed by atoms with Gasteiger partial charge in [-0.1, -0.05) is 47.3 Å². The van der Waals surface area contributed by atoms with E-state index in [1.165, 1.54) is 0 Å². The molecule has 0 spiro atoms. The molecule has 2 heterocycles. The fourth-order valence-corrected chi connectivity index (χ4v) is 2.51. The van der Waals surface area contributed by atoms with Crippen LogP contribution < -0.4 is 0 Å². The Labute approximate surface area is 144 Å². The summed E-state index contributed by atoms with van der Waals surface area (Å²) in [6, 6.07) is 13.2. The number of halogens is 2. The standard InChI is InChI=1S/C18H13Cl2N3/c19-16-10-5-9-15(18(16)20)17-12-14(22-23-17)8-2-1-6-13-7-3-4-11-21-13/h3-5,7,9-12H,2,8H2,(H,22,23). The van der Waals surface area contributed by atoms with E-state index in [9.17, 15) is 0 Å². The lowest BCUT2D eigenvalue weighted by Gasteiger charge is -2.01. The third kappa shape index (κ3) is 3.92. The van der Waals surface area contributed by atoms with Crippen molar-refractivity contribution in [3.8, 4) is 23.1 Å². The molecule has 2 aromatic heterocycles. The number of hydrogen-bond donors (Lipinski definition) is 1. The molecule has 5 heteroatoms. The average Bonchev–Trinajstić information content (AvgIpc) is 3.04. The molecule has 0 saturated carbocycles. The lowest BCUT2D eigenvalue weighted by Crippen LogP contribution is -1.84. The minimum Gasteiger partial charge on any atom is -0.282 e. The number of H-pyrrole nitrogens is 1. The fourth-order valence-electron chi connectivity index (χ4n) is 2.12. The van der Waals surface area contributed by atoms with Gasteiger partial charge in [0.15, 0.2) is 0 Å². The van der Waals surface area contributed by atoms with Gasteiger partial charge in [0, 0.05) is 30.3 Å². The van der Waals surface area contributed by atoms with Crippen LogP contribution in [-0.2, 0) is 6.42 Å². The number of aryl methyl sites for hydroxylation is 1. The summed E-state index contributed by atoms with van der Waals surface area (Å²) in [6.07, 6.45) is 3.24. The zero-order chi connectivity index (χ0) is 16.1. The highest BCUT2D eigenvalue weighted by Gasteiger charge is 2.09. The Bertz CT molecular complexity index is 861. The van der Waals surface area contributed by atoms with Crippen LogP contribution in [0.3, 0.4) is 0 Å². The molecule has 114 valence electrons. The van der Waals surface area contributed by atoms with Gasteiger partial charge in [0.05, 0.1) is 15.7 Å². The summed E-state index contributed by atoms with van der Waals surface area (Å²) in [5.41, 5.74) is 3.39.